The molecule has 0 aliphatic rings. The van der Waals surface area contributed by atoms with E-state index in [0.717, 1.165) is 15.0 Å². The number of nitrogens with zero attached hydrogens (tertiary/aromatic N) is 1. The molecule has 1 nitrogen and oxygen atoms in total. The molecule has 13 heavy (non-hydrogen) atoms. The quantitative estimate of drug-likeness (QED) is 0.758. The van der Waals surface area contributed by atoms with E-state index in [1.165, 1.54) is 0 Å². The molecule has 0 saturated carbocycles. The van der Waals surface area contributed by atoms with Gasteiger partial charge in [-0.3, -0.25) is 0 Å². The lowest BCUT2D eigenvalue weighted by molar-refractivity contribution is 1.41. The Kier molecular flexibility index (Phi) is 2.67. The molecule has 0 unspecified atom stereocenters. The van der Waals surface area contributed by atoms with Crippen molar-refractivity contribution in [3.63, 3.8) is 0 Å². The summed E-state index contributed by atoms with van der Waals surface area (Å²) in [4.78, 5) is 4.19. The Balaban J connectivity index is 2.46. The molecule has 0 N–H and O–H groups in total. The van der Waals surface area contributed by atoms with Crippen LogP contribution in [0.15, 0.2) is 34.1 Å². The molecule has 0 amide bonds. The first-order valence-electron chi connectivity index (χ1n) is 3.63. The summed E-state index contributed by atoms with van der Waals surface area (Å²) < 4.78 is 1.05. The normalized spacial score (nSPS) is 10.3. The van der Waals surface area contributed by atoms with Crippen LogP contribution in [0.5, 0.6) is 0 Å². The van der Waals surface area contributed by atoms with Crippen molar-refractivity contribution in [3.8, 4) is 10.6 Å². The van der Waals surface area contributed by atoms with Crippen LogP contribution >= 0.6 is 38.9 Å². The molecule has 0 fully saturated rings. The summed E-state index contributed by atoms with van der Waals surface area (Å²) >= 11 is 10.7. The molecule has 0 atom stereocenters. The zero-order valence-corrected chi connectivity index (χ0v) is 9.66. The number of thiazole rings is 1. The highest BCUT2D eigenvalue weighted by Crippen LogP contribution is 2.27. The largest absolute Gasteiger partial charge is 0.224 e. The predicted octanol–water partition coefficient (Wildman–Crippen LogP) is 4.23. The fraction of sp³-hybridized carbons (Fsp3) is 0. The van der Waals surface area contributed by atoms with Crippen molar-refractivity contribution in [2.45, 2.75) is 0 Å². The topological polar surface area (TPSA) is 12.9 Å². The lowest BCUT2D eigenvalue weighted by Crippen LogP contribution is -1.74. The molecule has 0 bridgehead atoms. The Morgan fingerprint density at radius 1 is 1.38 bits per heavy atom. The standard InChI is InChI=1S/C9H5BrClNS/c10-7-3-1-2-6(4-7)9-12-8(11)5-13-9/h1-5H. The second-order valence-electron chi connectivity index (χ2n) is 2.49. The molecule has 2 rings (SSSR count). The molecular formula is C9H5BrClNS. The average molecular weight is 275 g/mol. The minimum absolute atomic E-state index is 0.556. The second-order valence-corrected chi connectivity index (χ2v) is 4.65. The molecular weight excluding hydrogens is 270 g/mol. The van der Waals surface area contributed by atoms with Crippen LogP contribution in [0, 0.1) is 0 Å². The maximum atomic E-state index is 5.74. The fourth-order valence-electron chi connectivity index (χ4n) is 1.01. The van der Waals surface area contributed by atoms with Gasteiger partial charge in [0.25, 0.3) is 0 Å². The summed E-state index contributed by atoms with van der Waals surface area (Å²) in [7, 11) is 0. The van der Waals surface area contributed by atoms with E-state index in [4.69, 9.17) is 11.6 Å². The lowest BCUT2D eigenvalue weighted by atomic mass is 10.2. The van der Waals surface area contributed by atoms with Crippen molar-refractivity contribution in [2.75, 3.05) is 0 Å². The van der Waals surface area contributed by atoms with Gasteiger partial charge in [-0.1, -0.05) is 39.7 Å². The Morgan fingerprint density at radius 2 is 2.23 bits per heavy atom. The molecule has 1 heterocycles. The first-order chi connectivity index (χ1) is 6.25. The van der Waals surface area contributed by atoms with Crippen molar-refractivity contribution < 1.29 is 0 Å². The summed E-state index contributed by atoms with van der Waals surface area (Å²) in [6.45, 7) is 0. The van der Waals surface area contributed by atoms with Gasteiger partial charge < -0.3 is 0 Å². The Labute approximate surface area is 93.5 Å². The molecule has 0 saturated heterocycles. The third kappa shape index (κ3) is 2.10. The van der Waals surface area contributed by atoms with Crippen molar-refractivity contribution in [1.29, 1.82) is 0 Å². The van der Waals surface area contributed by atoms with Crippen LogP contribution in [0.1, 0.15) is 0 Å². The smallest absolute Gasteiger partial charge is 0.140 e. The van der Waals surface area contributed by atoms with Gasteiger partial charge in [-0.25, -0.2) is 4.98 Å². The summed E-state index contributed by atoms with van der Waals surface area (Å²) in [5.41, 5.74) is 1.09. The highest BCUT2D eigenvalue weighted by molar-refractivity contribution is 9.10. The van der Waals surface area contributed by atoms with Gasteiger partial charge in [-0.05, 0) is 12.1 Å². The Bertz CT molecular complexity index is 427. The highest BCUT2D eigenvalue weighted by atomic mass is 79.9. The lowest BCUT2D eigenvalue weighted by Gasteiger charge is -1.95. The van der Waals surface area contributed by atoms with Gasteiger partial charge in [0.1, 0.15) is 10.2 Å². The number of aromatic nitrogens is 1. The van der Waals surface area contributed by atoms with Crippen molar-refractivity contribution in [2.24, 2.45) is 0 Å². The molecule has 1 aromatic heterocycles. The van der Waals surface area contributed by atoms with Gasteiger partial charge >= 0.3 is 0 Å². The van der Waals surface area contributed by atoms with Gasteiger partial charge in [-0.15, -0.1) is 11.3 Å². The highest BCUT2D eigenvalue weighted by Gasteiger charge is 2.02. The van der Waals surface area contributed by atoms with E-state index in [2.05, 4.69) is 20.9 Å². The van der Waals surface area contributed by atoms with Gasteiger partial charge in [0.2, 0.25) is 0 Å². The molecule has 0 radical (unpaired) electrons. The fourth-order valence-corrected chi connectivity index (χ4v) is 2.35. The molecule has 4 heteroatoms. The zero-order valence-electron chi connectivity index (χ0n) is 6.50. The summed E-state index contributed by atoms with van der Waals surface area (Å²) in [6, 6.07) is 8.00. The number of hydrogen-bond acceptors (Lipinski definition) is 2. The molecule has 1 aromatic carbocycles. The Hall–Kier alpha value is -0.380. The maximum absolute atomic E-state index is 5.74. The maximum Gasteiger partial charge on any atom is 0.140 e. The first-order valence-corrected chi connectivity index (χ1v) is 5.68. The van der Waals surface area contributed by atoms with Crippen LogP contribution in [0.25, 0.3) is 10.6 Å². The predicted molar refractivity (Wildman–Crippen MR) is 60.3 cm³/mol. The summed E-state index contributed by atoms with van der Waals surface area (Å²) in [6.07, 6.45) is 0. The van der Waals surface area contributed by atoms with E-state index in [1.54, 1.807) is 11.3 Å². The minimum atomic E-state index is 0.556. The number of benzene rings is 1. The van der Waals surface area contributed by atoms with Crippen LogP contribution < -0.4 is 0 Å². The average Bonchev–Trinajstić information content (AvgIpc) is 2.52. The van der Waals surface area contributed by atoms with Crippen molar-refractivity contribution in [3.05, 3.63) is 39.3 Å². The molecule has 0 aliphatic carbocycles. The Morgan fingerprint density at radius 3 is 2.85 bits per heavy atom. The van der Waals surface area contributed by atoms with E-state index >= 15 is 0 Å². The first kappa shape index (κ1) is 9.19. The molecule has 0 spiro atoms. The van der Waals surface area contributed by atoms with Crippen LogP contribution in [0.3, 0.4) is 0 Å². The van der Waals surface area contributed by atoms with E-state index in [-0.39, 0.29) is 0 Å². The third-order valence-electron chi connectivity index (χ3n) is 1.55. The SMILES string of the molecule is Clc1csc(-c2cccc(Br)c2)n1. The summed E-state index contributed by atoms with van der Waals surface area (Å²) in [5.74, 6) is 0. The van der Waals surface area contributed by atoms with E-state index in [1.807, 2.05) is 29.6 Å². The van der Waals surface area contributed by atoms with Crippen LogP contribution in [0.4, 0.5) is 0 Å². The number of rotatable bonds is 1. The van der Waals surface area contributed by atoms with Crippen molar-refractivity contribution >= 4 is 38.9 Å². The van der Waals surface area contributed by atoms with E-state index in [9.17, 15) is 0 Å². The molecule has 2 aromatic rings. The molecule has 0 aliphatic heterocycles. The van der Waals surface area contributed by atoms with Crippen LogP contribution in [-0.4, -0.2) is 4.98 Å². The van der Waals surface area contributed by atoms with Crippen molar-refractivity contribution in [1.82, 2.24) is 4.98 Å². The monoisotopic (exact) mass is 273 g/mol. The van der Waals surface area contributed by atoms with Gasteiger partial charge in [0.05, 0.1) is 0 Å². The number of halogens is 2. The van der Waals surface area contributed by atoms with Gasteiger partial charge in [-0.2, -0.15) is 0 Å². The second kappa shape index (κ2) is 3.78. The van der Waals surface area contributed by atoms with Crippen LogP contribution in [0.2, 0.25) is 5.15 Å². The van der Waals surface area contributed by atoms with Gasteiger partial charge in [0.15, 0.2) is 0 Å². The zero-order chi connectivity index (χ0) is 9.26. The van der Waals surface area contributed by atoms with Crippen LogP contribution in [-0.2, 0) is 0 Å². The third-order valence-corrected chi connectivity index (χ3v) is 3.26. The van der Waals surface area contributed by atoms with E-state index < -0.39 is 0 Å². The van der Waals surface area contributed by atoms with E-state index in [0.29, 0.717) is 5.15 Å². The van der Waals surface area contributed by atoms with Gasteiger partial charge in [0, 0.05) is 15.4 Å². The summed E-state index contributed by atoms with van der Waals surface area (Å²) in [5, 5.41) is 3.34. The molecule has 66 valence electrons. The minimum Gasteiger partial charge on any atom is -0.224 e. The number of hydrogen-bond donors (Lipinski definition) is 0.